The Kier molecular flexibility index (Phi) is 6.01. The molecule has 12 heteroatoms. The van der Waals surface area contributed by atoms with Gasteiger partial charge in [0, 0.05) is 30.8 Å². The zero-order valence-corrected chi connectivity index (χ0v) is 17.7. The first-order valence-electron chi connectivity index (χ1n) is 9.83. The zero-order chi connectivity index (χ0) is 24.8. The monoisotopic (exact) mass is 469 g/mol. The smallest absolute Gasteiger partial charge is 0.481 e. The first kappa shape index (κ1) is 24.2. The van der Waals surface area contributed by atoms with Crippen LogP contribution < -0.4 is 0 Å². The van der Waals surface area contributed by atoms with Gasteiger partial charge in [-0.2, -0.15) is 18.3 Å². The lowest BCUT2D eigenvalue weighted by atomic mass is 9.97. The van der Waals surface area contributed by atoms with Gasteiger partial charge in [-0.1, -0.05) is 17.7 Å². The summed E-state index contributed by atoms with van der Waals surface area (Å²) < 4.78 is 31.7. The number of nitrogens with one attached hydrogen (secondary N) is 1. The van der Waals surface area contributed by atoms with E-state index in [0.717, 1.165) is 27.9 Å². The molecule has 2 aromatic rings. The molecule has 2 fully saturated rings. The predicted octanol–water partition coefficient (Wildman–Crippen LogP) is 2.69. The molecule has 1 aromatic heterocycles. The summed E-state index contributed by atoms with van der Waals surface area (Å²) in [5.41, 5.74) is 2.87. The van der Waals surface area contributed by atoms with E-state index in [9.17, 15) is 33.0 Å². The molecule has 9 nitrogen and oxygen atoms in total. The van der Waals surface area contributed by atoms with E-state index < -0.39 is 34.9 Å². The largest absolute Gasteiger partial charge is 0.490 e. The Morgan fingerprint density at radius 1 is 1.09 bits per heavy atom. The van der Waals surface area contributed by atoms with Crippen molar-refractivity contribution in [3.8, 4) is 11.3 Å². The molecule has 0 radical (unpaired) electrons. The average Bonchev–Trinajstić information content (AvgIpc) is 3.00. The highest BCUT2D eigenvalue weighted by molar-refractivity contribution is 5.94. The van der Waals surface area contributed by atoms with Gasteiger partial charge in [-0.15, -0.1) is 0 Å². The lowest BCUT2D eigenvalue weighted by Crippen LogP contribution is -2.28. The van der Waals surface area contributed by atoms with Crippen LogP contribution in [-0.4, -0.2) is 67.6 Å². The summed E-state index contributed by atoms with van der Waals surface area (Å²) in [6, 6.07) is 6.19. The maximum absolute atomic E-state index is 11.7. The van der Waals surface area contributed by atoms with Crippen LogP contribution in [0.2, 0.25) is 0 Å². The number of hydrogen-bond donors (Lipinski definition) is 4. The van der Waals surface area contributed by atoms with Crippen LogP contribution in [0.5, 0.6) is 0 Å². The molecule has 1 aliphatic heterocycles. The Morgan fingerprint density at radius 3 is 2.12 bits per heavy atom. The second-order valence-corrected chi connectivity index (χ2v) is 8.49. The van der Waals surface area contributed by atoms with Gasteiger partial charge in [0.1, 0.15) is 0 Å². The molecule has 2 heterocycles. The lowest BCUT2D eigenvalue weighted by molar-refractivity contribution is -0.192. The Hall–Kier alpha value is -3.41. The minimum absolute atomic E-state index is 0.219. The molecule has 4 N–H and O–H groups in total. The van der Waals surface area contributed by atoms with Crippen LogP contribution in [0.1, 0.15) is 23.1 Å². The summed E-state index contributed by atoms with van der Waals surface area (Å²) in [4.78, 5) is 34.2. The number of fused-ring (bicyclic) bond motifs is 1. The SMILES string of the molecule is Cc1ccc(C)c(-c2[nH]ncc2CN2C[C@@]3(C(=O)O)C[C@@]3(C(=O)O)C2)c1.O=C(O)C(F)(F)F. The lowest BCUT2D eigenvalue weighted by Gasteiger charge is -2.19. The number of halogens is 3. The van der Waals surface area contributed by atoms with Gasteiger partial charge >= 0.3 is 24.1 Å². The highest BCUT2D eigenvalue weighted by atomic mass is 19.4. The number of alkyl halides is 3. The van der Waals surface area contributed by atoms with Gasteiger partial charge in [0.25, 0.3) is 0 Å². The van der Waals surface area contributed by atoms with Crippen molar-refractivity contribution in [1.82, 2.24) is 15.1 Å². The van der Waals surface area contributed by atoms with Crippen LogP contribution in [0.3, 0.4) is 0 Å². The van der Waals surface area contributed by atoms with Crippen molar-refractivity contribution in [1.29, 1.82) is 0 Å². The van der Waals surface area contributed by atoms with Gasteiger partial charge < -0.3 is 15.3 Å². The van der Waals surface area contributed by atoms with E-state index in [1.165, 1.54) is 0 Å². The number of carboxylic acid groups (broad SMARTS) is 3. The van der Waals surface area contributed by atoms with Crippen LogP contribution in [0.4, 0.5) is 13.2 Å². The molecular weight excluding hydrogens is 447 g/mol. The standard InChI is InChI=1S/C19H21N3O4.C2HF3O2/c1-11-3-4-12(2)14(5-11)15-13(6-20-21-15)7-22-9-18(16(23)24)8-19(18,10-22)17(25)26;3-2(4,5)1(6)7/h3-6H,7-10H2,1-2H3,(H,20,21)(H,23,24)(H,25,26);(H,6,7)/t18-,19+;. The van der Waals surface area contributed by atoms with Gasteiger partial charge in [0.2, 0.25) is 0 Å². The summed E-state index contributed by atoms with van der Waals surface area (Å²) in [6.45, 7) is 5.05. The minimum Gasteiger partial charge on any atom is -0.481 e. The molecule has 0 unspecified atom stereocenters. The van der Waals surface area contributed by atoms with E-state index in [1.54, 1.807) is 6.20 Å². The third-order valence-corrected chi connectivity index (χ3v) is 6.22. The molecule has 1 aromatic carbocycles. The Morgan fingerprint density at radius 2 is 1.64 bits per heavy atom. The quantitative estimate of drug-likeness (QED) is 0.523. The van der Waals surface area contributed by atoms with E-state index >= 15 is 0 Å². The number of benzene rings is 1. The Balaban J connectivity index is 0.000000383. The molecule has 2 atom stereocenters. The number of carbonyl (C=O) groups is 3. The molecule has 178 valence electrons. The van der Waals surface area contributed by atoms with Gasteiger partial charge in [0.05, 0.1) is 22.7 Å². The normalized spacial score (nSPS) is 23.9. The number of aliphatic carboxylic acids is 3. The fourth-order valence-corrected chi connectivity index (χ4v) is 4.42. The van der Waals surface area contributed by atoms with E-state index in [2.05, 4.69) is 28.4 Å². The Labute approximate surface area is 185 Å². The van der Waals surface area contributed by atoms with Crippen LogP contribution in [0.25, 0.3) is 11.3 Å². The van der Waals surface area contributed by atoms with Crippen molar-refractivity contribution in [2.45, 2.75) is 33.0 Å². The van der Waals surface area contributed by atoms with Crippen LogP contribution in [0.15, 0.2) is 24.4 Å². The first-order chi connectivity index (χ1) is 15.2. The zero-order valence-electron chi connectivity index (χ0n) is 17.7. The number of hydrogen-bond acceptors (Lipinski definition) is 5. The number of aromatic nitrogens is 2. The van der Waals surface area contributed by atoms with Gasteiger partial charge in [-0.3, -0.25) is 19.6 Å². The molecule has 2 aliphatic rings. The molecule has 0 bridgehead atoms. The molecule has 4 rings (SSSR count). The van der Waals surface area contributed by atoms with Crippen molar-refractivity contribution in [2.75, 3.05) is 13.1 Å². The summed E-state index contributed by atoms with van der Waals surface area (Å²) in [6.07, 6.45) is -3.13. The van der Waals surface area contributed by atoms with Crippen LogP contribution in [-0.2, 0) is 20.9 Å². The number of rotatable bonds is 5. The fraction of sp³-hybridized carbons (Fsp3) is 0.429. The number of aryl methyl sites for hydroxylation is 2. The highest BCUT2D eigenvalue weighted by Gasteiger charge is 2.80. The van der Waals surface area contributed by atoms with Gasteiger partial charge in [0.15, 0.2) is 0 Å². The van der Waals surface area contributed by atoms with E-state index in [0.29, 0.717) is 6.54 Å². The van der Waals surface area contributed by atoms with Crippen molar-refractivity contribution in [3.05, 3.63) is 41.1 Å². The fourth-order valence-electron chi connectivity index (χ4n) is 4.42. The molecule has 1 saturated heterocycles. The van der Waals surface area contributed by atoms with E-state index in [4.69, 9.17) is 9.90 Å². The van der Waals surface area contributed by atoms with E-state index in [1.807, 2.05) is 18.7 Å². The summed E-state index contributed by atoms with van der Waals surface area (Å²) >= 11 is 0. The maximum Gasteiger partial charge on any atom is 0.490 e. The van der Waals surface area contributed by atoms with Gasteiger partial charge in [-0.05, 0) is 31.9 Å². The van der Waals surface area contributed by atoms with Crippen molar-refractivity contribution >= 4 is 17.9 Å². The maximum atomic E-state index is 11.7. The second kappa shape index (κ2) is 8.18. The molecule has 0 amide bonds. The molecule has 1 saturated carbocycles. The minimum atomic E-state index is -5.08. The summed E-state index contributed by atoms with van der Waals surface area (Å²) in [5.74, 6) is -4.78. The number of aromatic amines is 1. The molecule has 1 aliphatic carbocycles. The number of piperidine rings is 1. The third-order valence-electron chi connectivity index (χ3n) is 6.22. The number of H-pyrrole nitrogens is 1. The second-order valence-electron chi connectivity index (χ2n) is 8.49. The first-order valence-corrected chi connectivity index (χ1v) is 9.83. The van der Waals surface area contributed by atoms with Crippen molar-refractivity contribution in [3.63, 3.8) is 0 Å². The molecule has 0 spiro atoms. The third kappa shape index (κ3) is 4.30. The number of nitrogens with zero attached hydrogens (tertiary/aromatic N) is 2. The number of likely N-dealkylation sites (tertiary alicyclic amines) is 1. The van der Waals surface area contributed by atoms with E-state index in [-0.39, 0.29) is 19.5 Å². The topological polar surface area (TPSA) is 144 Å². The average molecular weight is 469 g/mol. The van der Waals surface area contributed by atoms with Gasteiger partial charge in [-0.25, -0.2) is 4.79 Å². The summed E-state index contributed by atoms with van der Waals surface area (Å²) in [7, 11) is 0. The van der Waals surface area contributed by atoms with Crippen molar-refractivity contribution in [2.24, 2.45) is 10.8 Å². The predicted molar refractivity (Wildman–Crippen MR) is 107 cm³/mol. The summed E-state index contributed by atoms with van der Waals surface area (Å²) in [5, 5.41) is 33.5. The Bertz CT molecular complexity index is 1090. The molecular formula is C21H22F3N3O6. The molecule has 33 heavy (non-hydrogen) atoms. The van der Waals surface area contributed by atoms with Crippen LogP contribution >= 0.6 is 0 Å². The van der Waals surface area contributed by atoms with Crippen LogP contribution in [0, 0.1) is 24.7 Å². The number of carboxylic acids is 3. The van der Waals surface area contributed by atoms with Crippen molar-refractivity contribution < 1.29 is 42.9 Å². The highest BCUT2D eigenvalue weighted by Crippen LogP contribution is 2.68.